The lowest BCUT2D eigenvalue weighted by Crippen LogP contribution is -2.31. The third kappa shape index (κ3) is 3.77. The van der Waals surface area contributed by atoms with E-state index in [-0.39, 0.29) is 11.9 Å². The van der Waals surface area contributed by atoms with Gasteiger partial charge in [-0.15, -0.1) is 0 Å². The first-order chi connectivity index (χ1) is 9.08. The Balaban J connectivity index is 1.92. The molecule has 0 saturated carbocycles. The van der Waals surface area contributed by atoms with Crippen LogP contribution in [0.3, 0.4) is 0 Å². The molecule has 1 heterocycles. The van der Waals surface area contributed by atoms with Gasteiger partial charge in [-0.3, -0.25) is 4.90 Å². The summed E-state index contributed by atoms with van der Waals surface area (Å²) in [7, 11) is 0. The molecule has 0 amide bonds. The van der Waals surface area contributed by atoms with Crippen molar-refractivity contribution in [2.45, 2.75) is 39.3 Å². The van der Waals surface area contributed by atoms with E-state index in [4.69, 9.17) is 0 Å². The number of hydrogen-bond acceptors (Lipinski definition) is 2. The summed E-state index contributed by atoms with van der Waals surface area (Å²) in [5.41, 5.74) is 0.819. The molecule has 3 heteroatoms. The van der Waals surface area contributed by atoms with Gasteiger partial charge >= 0.3 is 0 Å². The SMILES string of the molecule is CC(C)NCC1CCN(C(C)c2ccccc2F)C1. The molecule has 1 aromatic rings. The second-order valence-electron chi connectivity index (χ2n) is 5.91. The van der Waals surface area contributed by atoms with E-state index in [1.807, 2.05) is 12.1 Å². The first-order valence-corrected chi connectivity index (χ1v) is 7.29. The summed E-state index contributed by atoms with van der Waals surface area (Å²) >= 11 is 0. The first kappa shape index (κ1) is 14.5. The van der Waals surface area contributed by atoms with Crippen molar-refractivity contribution < 1.29 is 4.39 Å². The van der Waals surface area contributed by atoms with Crippen LogP contribution in [0, 0.1) is 11.7 Å². The van der Waals surface area contributed by atoms with Crippen LogP contribution >= 0.6 is 0 Å². The molecular weight excluding hydrogens is 239 g/mol. The van der Waals surface area contributed by atoms with Crippen LogP contribution in [0.2, 0.25) is 0 Å². The fourth-order valence-electron chi connectivity index (χ4n) is 2.79. The summed E-state index contributed by atoms with van der Waals surface area (Å²) in [4.78, 5) is 2.39. The second kappa shape index (κ2) is 6.49. The van der Waals surface area contributed by atoms with Gasteiger partial charge in [0.05, 0.1) is 0 Å². The zero-order chi connectivity index (χ0) is 13.8. The van der Waals surface area contributed by atoms with E-state index in [1.54, 1.807) is 12.1 Å². The minimum atomic E-state index is -0.0845. The highest BCUT2D eigenvalue weighted by atomic mass is 19.1. The van der Waals surface area contributed by atoms with E-state index in [0.717, 1.165) is 25.2 Å². The Bertz CT molecular complexity index is 405. The number of rotatable bonds is 5. The summed E-state index contributed by atoms with van der Waals surface area (Å²) < 4.78 is 13.8. The predicted molar refractivity (Wildman–Crippen MR) is 77.6 cm³/mol. The van der Waals surface area contributed by atoms with Crippen molar-refractivity contribution in [2.24, 2.45) is 5.92 Å². The van der Waals surface area contributed by atoms with Gasteiger partial charge in [-0.2, -0.15) is 0 Å². The average molecular weight is 264 g/mol. The monoisotopic (exact) mass is 264 g/mol. The van der Waals surface area contributed by atoms with Gasteiger partial charge in [0, 0.05) is 24.2 Å². The molecule has 2 rings (SSSR count). The molecule has 1 fully saturated rings. The van der Waals surface area contributed by atoms with Crippen LogP contribution in [0.1, 0.15) is 38.8 Å². The Morgan fingerprint density at radius 2 is 2.05 bits per heavy atom. The Morgan fingerprint density at radius 3 is 2.74 bits per heavy atom. The lowest BCUT2D eigenvalue weighted by Gasteiger charge is -2.25. The molecule has 1 saturated heterocycles. The summed E-state index contributed by atoms with van der Waals surface area (Å²) in [5.74, 6) is 0.607. The van der Waals surface area contributed by atoms with Crippen molar-refractivity contribution >= 4 is 0 Å². The molecule has 2 nitrogen and oxygen atoms in total. The minimum absolute atomic E-state index is 0.0845. The number of hydrogen-bond donors (Lipinski definition) is 1. The topological polar surface area (TPSA) is 15.3 Å². The van der Waals surface area contributed by atoms with Crippen molar-refractivity contribution in [1.82, 2.24) is 10.2 Å². The molecule has 1 aliphatic rings. The van der Waals surface area contributed by atoms with Crippen LogP contribution in [0.25, 0.3) is 0 Å². The Labute approximate surface area is 116 Å². The minimum Gasteiger partial charge on any atom is -0.314 e. The molecule has 0 spiro atoms. The van der Waals surface area contributed by atoms with Gasteiger partial charge in [0.25, 0.3) is 0 Å². The Morgan fingerprint density at radius 1 is 1.32 bits per heavy atom. The first-order valence-electron chi connectivity index (χ1n) is 7.29. The van der Waals surface area contributed by atoms with Crippen LogP contribution < -0.4 is 5.32 Å². The van der Waals surface area contributed by atoms with Gasteiger partial charge in [-0.1, -0.05) is 32.0 Å². The zero-order valence-corrected chi connectivity index (χ0v) is 12.2. The third-order valence-corrected chi connectivity index (χ3v) is 4.04. The van der Waals surface area contributed by atoms with Crippen LogP contribution in [0.5, 0.6) is 0 Å². The summed E-state index contributed by atoms with van der Waals surface area (Å²) in [6, 6.07) is 7.84. The molecule has 1 N–H and O–H groups in total. The van der Waals surface area contributed by atoms with Crippen LogP contribution in [0.4, 0.5) is 4.39 Å². The predicted octanol–water partition coefficient (Wildman–Crippen LogP) is 3.21. The van der Waals surface area contributed by atoms with E-state index in [2.05, 4.69) is 31.0 Å². The lowest BCUT2D eigenvalue weighted by molar-refractivity contribution is 0.246. The largest absolute Gasteiger partial charge is 0.314 e. The summed E-state index contributed by atoms with van der Waals surface area (Å²) in [5, 5.41) is 3.50. The number of nitrogens with zero attached hydrogens (tertiary/aromatic N) is 1. The quantitative estimate of drug-likeness (QED) is 0.878. The molecule has 1 aliphatic heterocycles. The number of nitrogens with one attached hydrogen (secondary N) is 1. The lowest BCUT2D eigenvalue weighted by atomic mass is 10.1. The van der Waals surface area contributed by atoms with Gasteiger partial charge in [-0.05, 0) is 38.4 Å². The molecule has 1 aromatic carbocycles. The number of halogens is 1. The van der Waals surface area contributed by atoms with Gasteiger partial charge in [-0.25, -0.2) is 4.39 Å². The maximum Gasteiger partial charge on any atom is 0.127 e. The highest BCUT2D eigenvalue weighted by Crippen LogP contribution is 2.28. The highest BCUT2D eigenvalue weighted by Gasteiger charge is 2.27. The molecule has 0 bridgehead atoms. The fraction of sp³-hybridized carbons (Fsp3) is 0.625. The van der Waals surface area contributed by atoms with Gasteiger partial charge in [0.15, 0.2) is 0 Å². The molecule has 0 aliphatic carbocycles. The standard InChI is InChI=1S/C16H25FN2/c1-12(2)18-10-14-8-9-19(11-14)13(3)15-6-4-5-7-16(15)17/h4-7,12-14,18H,8-11H2,1-3H3. The number of benzene rings is 1. The van der Waals surface area contributed by atoms with Gasteiger partial charge in [0.2, 0.25) is 0 Å². The zero-order valence-electron chi connectivity index (χ0n) is 12.2. The Kier molecular flexibility index (Phi) is 4.94. The van der Waals surface area contributed by atoms with Crippen LogP contribution in [-0.4, -0.2) is 30.6 Å². The van der Waals surface area contributed by atoms with Crippen molar-refractivity contribution in [3.63, 3.8) is 0 Å². The highest BCUT2D eigenvalue weighted by molar-refractivity contribution is 5.21. The average Bonchev–Trinajstić information content (AvgIpc) is 2.85. The van der Waals surface area contributed by atoms with E-state index in [1.165, 1.54) is 6.42 Å². The van der Waals surface area contributed by atoms with E-state index >= 15 is 0 Å². The fourth-order valence-corrected chi connectivity index (χ4v) is 2.79. The van der Waals surface area contributed by atoms with E-state index in [0.29, 0.717) is 12.0 Å². The maximum atomic E-state index is 13.8. The van der Waals surface area contributed by atoms with Crippen molar-refractivity contribution in [3.8, 4) is 0 Å². The molecule has 19 heavy (non-hydrogen) atoms. The molecule has 0 aromatic heterocycles. The van der Waals surface area contributed by atoms with E-state index < -0.39 is 0 Å². The summed E-state index contributed by atoms with van der Waals surface area (Å²) in [6.07, 6.45) is 1.21. The van der Waals surface area contributed by atoms with Gasteiger partial charge in [0.1, 0.15) is 5.82 Å². The van der Waals surface area contributed by atoms with Crippen molar-refractivity contribution in [2.75, 3.05) is 19.6 Å². The number of likely N-dealkylation sites (tertiary alicyclic amines) is 1. The van der Waals surface area contributed by atoms with Crippen molar-refractivity contribution in [3.05, 3.63) is 35.6 Å². The second-order valence-corrected chi connectivity index (χ2v) is 5.91. The molecule has 106 valence electrons. The van der Waals surface area contributed by atoms with Crippen molar-refractivity contribution in [1.29, 1.82) is 0 Å². The third-order valence-electron chi connectivity index (χ3n) is 4.04. The van der Waals surface area contributed by atoms with Gasteiger partial charge < -0.3 is 5.32 Å². The molecule has 2 atom stereocenters. The Hall–Kier alpha value is -0.930. The summed E-state index contributed by atoms with van der Waals surface area (Å²) in [6.45, 7) is 9.66. The normalized spacial score (nSPS) is 22.1. The van der Waals surface area contributed by atoms with Crippen LogP contribution in [0.15, 0.2) is 24.3 Å². The smallest absolute Gasteiger partial charge is 0.127 e. The molecule has 2 unspecified atom stereocenters. The molecule has 0 radical (unpaired) electrons. The van der Waals surface area contributed by atoms with E-state index in [9.17, 15) is 4.39 Å². The maximum absolute atomic E-state index is 13.8. The van der Waals surface area contributed by atoms with Crippen LogP contribution in [-0.2, 0) is 0 Å². The molecular formula is C16H25FN2.